The lowest BCUT2D eigenvalue weighted by Crippen LogP contribution is -2.30. The van der Waals surface area contributed by atoms with E-state index in [0.29, 0.717) is 21.5 Å². The van der Waals surface area contributed by atoms with E-state index in [9.17, 15) is 8.78 Å². The van der Waals surface area contributed by atoms with Gasteiger partial charge in [0.1, 0.15) is 12.1 Å². The molecule has 8 heteroatoms. The molecule has 0 radical (unpaired) electrons. The monoisotopic (exact) mass is 424 g/mol. The van der Waals surface area contributed by atoms with Gasteiger partial charge in [-0.1, -0.05) is 0 Å². The van der Waals surface area contributed by atoms with Crippen molar-refractivity contribution in [2.75, 3.05) is 38.1 Å². The van der Waals surface area contributed by atoms with E-state index < -0.39 is 11.6 Å². The van der Waals surface area contributed by atoms with Gasteiger partial charge in [0, 0.05) is 31.1 Å². The zero-order chi connectivity index (χ0) is 18.3. The van der Waals surface area contributed by atoms with Gasteiger partial charge in [-0.3, -0.25) is 0 Å². The van der Waals surface area contributed by atoms with Gasteiger partial charge in [0.15, 0.2) is 23.2 Å². The van der Waals surface area contributed by atoms with Crippen LogP contribution in [-0.4, -0.2) is 48.1 Å². The molecule has 0 N–H and O–H groups in total. The number of likely N-dealkylation sites (tertiary alicyclic amines) is 1. The second kappa shape index (κ2) is 6.74. The van der Waals surface area contributed by atoms with Gasteiger partial charge < -0.3 is 14.5 Å². The molecule has 0 saturated carbocycles. The Morgan fingerprint density at radius 3 is 2.65 bits per heavy atom. The Hall–Kier alpha value is -1.80. The first-order chi connectivity index (χ1) is 12.5. The van der Waals surface area contributed by atoms with E-state index in [-0.39, 0.29) is 5.75 Å². The van der Waals surface area contributed by atoms with Gasteiger partial charge in [-0.2, -0.15) is 0 Å². The van der Waals surface area contributed by atoms with E-state index in [4.69, 9.17) is 4.74 Å². The maximum Gasteiger partial charge on any atom is 0.188 e. The minimum absolute atomic E-state index is 0.189. The molecule has 0 bridgehead atoms. The highest BCUT2D eigenvalue weighted by atomic mass is 79.9. The third kappa shape index (κ3) is 3.27. The Morgan fingerprint density at radius 2 is 1.88 bits per heavy atom. The van der Waals surface area contributed by atoms with Crippen LogP contribution in [0.4, 0.5) is 14.6 Å². The largest absolute Gasteiger partial charge is 0.451 e. The maximum absolute atomic E-state index is 13.6. The van der Waals surface area contributed by atoms with Gasteiger partial charge in [0.05, 0.1) is 10.7 Å². The fraction of sp³-hybridized carbons (Fsp3) is 0.444. The summed E-state index contributed by atoms with van der Waals surface area (Å²) in [6.07, 6.45) is 5.32. The number of halogens is 3. The minimum atomic E-state index is -0.962. The Bertz CT molecular complexity index is 837. The first-order valence-electron chi connectivity index (χ1n) is 8.52. The maximum atomic E-state index is 13.6. The van der Waals surface area contributed by atoms with Crippen LogP contribution in [-0.2, 0) is 0 Å². The molecule has 2 aliphatic rings. The summed E-state index contributed by atoms with van der Waals surface area (Å²) in [4.78, 5) is 13.0. The number of benzene rings is 1. The van der Waals surface area contributed by atoms with Crippen molar-refractivity contribution in [3.63, 3.8) is 0 Å². The fourth-order valence-electron chi connectivity index (χ4n) is 3.93. The van der Waals surface area contributed by atoms with E-state index in [2.05, 4.69) is 42.7 Å². The molecule has 2 fully saturated rings. The summed E-state index contributed by atoms with van der Waals surface area (Å²) in [5.74, 6) is -0.587. The van der Waals surface area contributed by atoms with Crippen molar-refractivity contribution in [2.45, 2.75) is 12.8 Å². The van der Waals surface area contributed by atoms with Gasteiger partial charge in [0.25, 0.3) is 0 Å². The van der Waals surface area contributed by atoms with Gasteiger partial charge in [0.2, 0.25) is 0 Å². The minimum Gasteiger partial charge on any atom is -0.451 e. The van der Waals surface area contributed by atoms with Crippen LogP contribution in [0, 0.1) is 17.0 Å². The summed E-state index contributed by atoms with van der Waals surface area (Å²) in [5, 5.41) is 0. The lowest BCUT2D eigenvalue weighted by atomic mass is 9.86. The van der Waals surface area contributed by atoms with Gasteiger partial charge in [-0.05, 0) is 48.4 Å². The molecule has 1 spiro atoms. The van der Waals surface area contributed by atoms with Crippen molar-refractivity contribution in [3.05, 3.63) is 40.8 Å². The molecule has 26 heavy (non-hydrogen) atoms. The summed E-state index contributed by atoms with van der Waals surface area (Å²) in [6, 6.07) is 2.07. The topological polar surface area (TPSA) is 41.5 Å². The summed E-state index contributed by atoms with van der Waals surface area (Å²) in [7, 11) is 2.15. The van der Waals surface area contributed by atoms with Crippen molar-refractivity contribution in [1.82, 2.24) is 14.9 Å². The average Bonchev–Trinajstić information content (AvgIpc) is 3.19. The van der Waals surface area contributed by atoms with Crippen LogP contribution in [0.1, 0.15) is 12.8 Å². The number of rotatable bonds is 3. The van der Waals surface area contributed by atoms with E-state index >= 15 is 0 Å². The Labute approximate surface area is 159 Å². The lowest BCUT2D eigenvalue weighted by Gasteiger charge is -2.25. The Morgan fingerprint density at radius 1 is 1.12 bits per heavy atom. The zero-order valence-corrected chi connectivity index (χ0v) is 16.0. The van der Waals surface area contributed by atoms with E-state index in [1.54, 1.807) is 6.20 Å². The second-order valence-corrected chi connectivity index (χ2v) is 8.02. The number of hydrogen-bond donors (Lipinski definition) is 0. The molecule has 1 aromatic carbocycles. The van der Waals surface area contributed by atoms with Crippen LogP contribution in [0.2, 0.25) is 0 Å². The number of hydrogen-bond acceptors (Lipinski definition) is 5. The van der Waals surface area contributed by atoms with Gasteiger partial charge in [-0.25, -0.2) is 18.7 Å². The molecule has 3 heterocycles. The predicted octanol–water partition coefficient (Wildman–Crippen LogP) is 3.84. The predicted molar refractivity (Wildman–Crippen MR) is 97.5 cm³/mol. The second-order valence-electron chi connectivity index (χ2n) is 7.17. The molecule has 0 aliphatic carbocycles. The SMILES string of the molecule is CN1CCC2(CCN(c3ncncc3Oc3cc(F)c(F)cc3Br)C2)C1. The molecule has 2 saturated heterocycles. The molecule has 1 atom stereocenters. The summed E-state index contributed by atoms with van der Waals surface area (Å²) < 4.78 is 33.1. The standard InChI is InChI=1S/C18H19BrF2N4O/c1-24-4-2-18(9-24)3-5-25(10-18)17-16(8-22-11-23-17)26-15-7-14(21)13(20)6-12(15)19/h6-8,11H,2-5,9-10H2,1H3. The Kier molecular flexibility index (Phi) is 4.56. The Balaban J connectivity index is 1.59. The summed E-state index contributed by atoms with van der Waals surface area (Å²) >= 11 is 3.21. The average molecular weight is 425 g/mol. The van der Waals surface area contributed by atoms with Crippen LogP contribution in [0.25, 0.3) is 0 Å². The molecule has 2 aliphatic heterocycles. The van der Waals surface area contributed by atoms with Crippen LogP contribution in [0.15, 0.2) is 29.1 Å². The molecule has 2 aromatic rings. The van der Waals surface area contributed by atoms with Crippen LogP contribution >= 0.6 is 15.9 Å². The third-order valence-electron chi connectivity index (χ3n) is 5.22. The van der Waals surface area contributed by atoms with Crippen molar-refractivity contribution in [1.29, 1.82) is 0 Å². The van der Waals surface area contributed by atoms with Crippen LogP contribution in [0.5, 0.6) is 11.5 Å². The molecule has 1 unspecified atom stereocenters. The summed E-state index contributed by atoms with van der Waals surface area (Å²) in [6.45, 7) is 3.99. The van der Waals surface area contributed by atoms with Gasteiger partial charge in [-0.15, -0.1) is 0 Å². The number of aromatic nitrogens is 2. The fourth-order valence-corrected chi connectivity index (χ4v) is 4.33. The number of ether oxygens (including phenoxy) is 1. The number of anilines is 1. The molecule has 0 amide bonds. The molecular formula is C18H19BrF2N4O. The highest BCUT2D eigenvalue weighted by molar-refractivity contribution is 9.10. The smallest absolute Gasteiger partial charge is 0.188 e. The third-order valence-corrected chi connectivity index (χ3v) is 5.84. The van der Waals surface area contributed by atoms with E-state index in [0.717, 1.165) is 44.7 Å². The quantitative estimate of drug-likeness (QED) is 0.700. The number of nitrogens with zero attached hydrogens (tertiary/aromatic N) is 4. The van der Waals surface area contributed by atoms with Crippen molar-refractivity contribution >= 4 is 21.7 Å². The molecule has 4 rings (SSSR count). The first kappa shape index (κ1) is 17.6. The van der Waals surface area contributed by atoms with Crippen molar-refractivity contribution < 1.29 is 13.5 Å². The molecule has 5 nitrogen and oxygen atoms in total. The van der Waals surface area contributed by atoms with E-state index in [1.807, 2.05) is 0 Å². The molecule has 1 aromatic heterocycles. The lowest BCUT2D eigenvalue weighted by molar-refractivity contribution is 0.311. The van der Waals surface area contributed by atoms with Gasteiger partial charge >= 0.3 is 0 Å². The van der Waals surface area contributed by atoms with Crippen molar-refractivity contribution in [3.8, 4) is 11.5 Å². The van der Waals surface area contributed by atoms with E-state index in [1.165, 1.54) is 12.7 Å². The molecular weight excluding hydrogens is 406 g/mol. The normalized spacial score (nSPS) is 23.2. The highest BCUT2D eigenvalue weighted by Crippen LogP contribution is 2.43. The molecule has 138 valence electrons. The van der Waals surface area contributed by atoms with Crippen LogP contribution in [0.3, 0.4) is 0 Å². The van der Waals surface area contributed by atoms with Crippen LogP contribution < -0.4 is 9.64 Å². The summed E-state index contributed by atoms with van der Waals surface area (Å²) in [5.41, 5.74) is 0.291. The highest BCUT2D eigenvalue weighted by Gasteiger charge is 2.43. The van der Waals surface area contributed by atoms with Crippen molar-refractivity contribution in [2.24, 2.45) is 5.41 Å². The first-order valence-corrected chi connectivity index (χ1v) is 9.31. The zero-order valence-electron chi connectivity index (χ0n) is 14.4.